The first-order valence-corrected chi connectivity index (χ1v) is 11.1. The van der Waals surface area contributed by atoms with Gasteiger partial charge in [0.25, 0.3) is 0 Å². The maximum absolute atomic E-state index is 13.9. The van der Waals surface area contributed by atoms with Crippen molar-refractivity contribution in [2.24, 2.45) is 11.8 Å². The second-order valence-corrected chi connectivity index (χ2v) is 9.75. The molecule has 2 amide bonds. The maximum Gasteiger partial charge on any atom is 0.235 e. The van der Waals surface area contributed by atoms with Gasteiger partial charge >= 0.3 is 0 Å². The van der Waals surface area contributed by atoms with Crippen LogP contribution in [-0.2, 0) is 13.9 Å². The zero-order chi connectivity index (χ0) is 20.6. The maximum atomic E-state index is 13.9. The molecular formula is C26H20BrNO2. The Morgan fingerprint density at radius 2 is 1.33 bits per heavy atom. The molecule has 1 aliphatic heterocycles. The second-order valence-electron chi connectivity index (χ2n) is 8.50. The van der Waals surface area contributed by atoms with Crippen LogP contribution in [0.2, 0.25) is 0 Å². The normalized spacial score (nSPS) is 29.4. The summed E-state index contributed by atoms with van der Waals surface area (Å²) < 4.78 is -0.683. The van der Waals surface area contributed by atoms with E-state index in [0.717, 1.165) is 27.8 Å². The molecule has 4 heteroatoms. The van der Waals surface area contributed by atoms with E-state index in [2.05, 4.69) is 40.2 Å². The molecule has 148 valence electrons. The fourth-order valence-electron chi connectivity index (χ4n) is 5.96. The molecule has 7 rings (SSSR count). The van der Waals surface area contributed by atoms with Gasteiger partial charge in [-0.25, -0.2) is 0 Å². The average molecular weight is 458 g/mol. The Morgan fingerprint density at radius 3 is 1.93 bits per heavy atom. The van der Waals surface area contributed by atoms with Crippen molar-refractivity contribution in [1.29, 1.82) is 0 Å². The number of rotatable bonds is 2. The molecule has 3 aromatic rings. The first kappa shape index (κ1) is 18.1. The van der Waals surface area contributed by atoms with Crippen LogP contribution >= 0.6 is 15.9 Å². The Morgan fingerprint density at radius 1 is 0.800 bits per heavy atom. The number of hydrogen-bond donors (Lipinski definition) is 0. The Kier molecular flexibility index (Phi) is 3.70. The SMILES string of the molecule is CC(c1ccccc1)N1C(=O)C2C3c4ccccc4C(Br)(c4ccccc43)C2C1=O. The quantitative estimate of drug-likeness (QED) is 0.394. The van der Waals surface area contributed by atoms with Crippen molar-refractivity contribution < 1.29 is 9.59 Å². The summed E-state index contributed by atoms with van der Waals surface area (Å²) >= 11 is 4.04. The van der Waals surface area contributed by atoms with Crippen LogP contribution in [0.4, 0.5) is 0 Å². The van der Waals surface area contributed by atoms with E-state index in [1.807, 2.05) is 61.5 Å². The van der Waals surface area contributed by atoms with Crippen LogP contribution in [0.5, 0.6) is 0 Å². The summed E-state index contributed by atoms with van der Waals surface area (Å²) in [6, 6.07) is 26.0. The summed E-state index contributed by atoms with van der Waals surface area (Å²) in [5.74, 6) is -1.04. The highest BCUT2D eigenvalue weighted by atomic mass is 79.9. The zero-order valence-corrected chi connectivity index (χ0v) is 18.0. The van der Waals surface area contributed by atoms with Crippen LogP contribution in [0.25, 0.3) is 0 Å². The molecule has 3 nitrogen and oxygen atoms in total. The third kappa shape index (κ3) is 2.05. The number of hydrogen-bond acceptors (Lipinski definition) is 2. The molecule has 3 atom stereocenters. The Balaban J connectivity index is 1.57. The van der Waals surface area contributed by atoms with Gasteiger partial charge in [-0.1, -0.05) is 94.8 Å². The number of benzene rings is 3. The molecule has 0 saturated carbocycles. The van der Waals surface area contributed by atoms with Crippen LogP contribution in [0.3, 0.4) is 0 Å². The number of likely N-dealkylation sites (tertiary alicyclic amines) is 1. The van der Waals surface area contributed by atoms with Gasteiger partial charge in [0, 0.05) is 5.92 Å². The Hall–Kier alpha value is -2.72. The van der Waals surface area contributed by atoms with E-state index in [9.17, 15) is 9.59 Å². The number of carbonyl (C=O) groups excluding carboxylic acids is 2. The van der Waals surface area contributed by atoms with Crippen molar-refractivity contribution in [2.75, 3.05) is 0 Å². The molecule has 30 heavy (non-hydrogen) atoms. The van der Waals surface area contributed by atoms with Gasteiger partial charge in [0.1, 0.15) is 0 Å². The third-order valence-electron chi connectivity index (χ3n) is 7.22. The van der Waals surface area contributed by atoms with Gasteiger partial charge in [-0.2, -0.15) is 0 Å². The van der Waals surface area contributed by atoms with Crippen LogP contribution in [0.1, 0.15) is 46.7 Å². The minimum absolute atomic E-state index is 0.0563. The molecule has 3 aliphatic carbocycles. The standard InChI is InChI=1S/C26H20BrNO2/c1-15(16-9-3-2-4-10-16)28-24(29)22-21-17-11-5-7-13-19(17)26(27,23(22)25(28)30)20-14-8-6-12-18(20)21/h2-15,21-23H,1H3. The van der Waals surface area contributed by atoms with E-state index in [1.54, 1.807) is 0 Å². The van der Waals surface area contributed by atoms with Gasteiger partial charge in [0.15, 0.2) is 0 Å². The first-order chi connectivity index (χ1) is 14.5. The topological polar surface area (TPSA) is 37.4 Å². The average Bonchev–Trinajstić information content (AvgIpc) is 3.06. The van der Waals surface area contributed by atoms with E-state index in [-0.39, 0.29) is 29.7 Å². The summed E-state index contributed by atoms with van der Waals surface area (Å²) in [5.41, 5.74) is 5.52. The van der Waals surface area contributed by atoms with Crippen LogP contribution < -0.4 is 0 Å². The molecule has 1 heterocycles. The molecule has 0 spiro atoms. The van der Waals surface area contributed by atoms with Crippen molar-refractivity contribution in [3.8, 4) is 0 Å². The molecule has 3 aromatic carbocycles. The highest BCUT2D eigenvalue weighted by molar-refractivity contribution is 9.09. The summed E-state index contributed by atoms with van der Waals surface area (Å²) in [5, 5.41) is 0. The lowest BCUT2D eigenvalue weighted by molar-refractivity contribution is -0.142. The van der Waals surface area contributed by atoms with E-state index < -0.39 is 10.2 Å². The van der Waals surface area contributed by atoms with Crippen molar-refractivity contribution in [2.45, 2.75) is 23.2 Å². The lowest BCUT2D eigenvalue weighted by atomic mass is 9.55. The lowest BCUT2D eigenvalue weighted by Crippen LogP contribution is -2.50. The summed E-state index contributed by atoms with van der Waals surface area (Å²) in [6.45, 7) is 1.95. The van der Waals surface area contributed by atoms with Crippen molar-refractivity contribution in [3.05, 3.63) is 107 Å². The minimum atomic E-state index is -0.683. The van der Waals surface area contributed by atoms with E-state index in [4.69, 9.17) is 0 Å². The van der Waals surface area contributed by atoms with Gasteiger partial charge in [-0.15, -0.1) is 0 Å². The highest BCUT2D eigenvalue weighted by Gasteiger charge is 2.67. The zero-order valence-electron chi connectivity index (χ0n) is 16.5. The Labute approximate surface area is 183 Å². The lowest BCUT2D eigenvalue weighted by Gasteiger charge is -2.51. The van der Waals surface area contributed by atoms with Crippen molar-refractivity contribution >= 4 is 27.7 Å². The van der Waals surface area contributed by atoms with E-state index in [1.165, 1.54) is 4.90 Å². The number of carbonyl (C=O) groups is 2. The number of amides is 2. The predicted molar refractivity (Wildman–Crippen MR) is 118 cm³/mol. The molecule has 0 aromatic heterocycles. The third-order valence-corrected chi connectivity index (χ3v) is 8.57. The van der Waals surface area contributed by atoms with Crippen LogP contribution in [0.15, 0.2) is 78.9 Å². The van der Waals surface area contributed by atoms with Crippen molar-refractivity contribution in [1.82, 2.24) is 4.90 Å². The first-order valence-electron chi connectivity index (χ1n) is 10.3. The molecule has 3 unspecified atom stereocenters. The largest absolute Gasteiger partial charge is 0.275 e. The molecule has 0 radical (unpaired) electrons. The van der Waals surface area contributed by atoms with E-state index in [0.29, 0.717) is 0 Å². The molecule has 4 aliphatic rings. The van der Waals surface area contributed by atoms with Gasteiger partial charge in [0.2, 0.25) is 11.8 Å². The molecule has 2 bridgehead atoms. The fraction of sp³-hybridized carbons (Fsp3) is 0.231. The molecular weight excluding hydrogens is 438 g/mol. The number of halogens is 1. The van der Waals surface area contributed by atoms with Crippen molar-refractivity contribution in [3.63, 3.8) is 0 Å². The molecule has 0 N–H and O–H groups in total. The summed E-state index contributed by atoms with van der Waals surface area (Å²) in [4.78, 5) is 29.2. The number of imide groups is 1. The predicted octanol–water partition coefficient (Wildman–Crippen LogP) is 5.15. The minimum Gasteiger partial charge on any atom is -0.275 e. The van der Waals surface area contributed by atoms with Gasteiger partial charge in [-0.05, 0) is 34.7 Å². The fourth-order valence-corrected chi connectivity index (χ4v) is 7.17. The molecule has 1 fully saturated rings. The number of nitrogens with zero attached hydrogens (tertiary/aromatic N) is 1. The van der Waals surface area contributed by atoms with E-state index >= 15 is 0 Å². The monoisotopic (exact) mass is 457 g/mol. The van der Waals surface area contributed by atoms with Crippen LogP contribution in [-0.4, -0.2) is 16.7 Å². The second kappa shape index (κ2) is 6.14. The van der Waals surface area contributed by atoms with Gasteiger partial charge in [-0.3, -0.25) is 14.5 Å². The number of alkyl halides is 1. The van der Waals surface area contributed by atoms with Crippen LogP contribution in [0, 0.1) is 11.8 Å². The van der Waals surface area contributed by atoms with Gasteiger partial charge < -0.3 is 0 Å². The highest BCUT2D eigenvalue weighted by Crippen LogP contribution is 2.66. The summed E-state index contributed by atoms with van der Waals surface area (Å²) in [7, 11) is 0. The Bertz CT molecular complexity index is 1160. The van der Waals surface area contributed by atoms with Gasteiger partial charge in [0.05, 0.1) is 22.2 Å². The smallest absolute Gasteiger partial charge is 0.235 e. The molecule has 1 saturated heterocycles. The summed E-state index contributed by atoms with van der Waals surface area (Å²) in [6.07, 6.45) is 0.